The van der Waals surface area contributed by atoms with E-state index < -0.39 is 0 Å². The number of carbonyl (C=O) groups is 1. The zero-order valence-corrected chi connectivity index (χ0v) is 15.6. The number of fused-ring (bicyclic) bond motifs is 1. The molecule has 0 radical (unpaired) electrons. The third-order valence-corrected chi connectivity index (χ3v) is 5.26. The number of nitrogens with one attached hydrogen (secondary N) is 1. The van der Waals surface area contributed by atoms with Crippen LogP contribution in [0, 0.1) is 0 Å². The fourth-order valence-corrected chi connectivity index (χ4v) is 3.68. The van der Waals surface area contributed by atoms with Crippen molar-refractivity contribution in [3.05, 3.63) is 58.5 Å². The molecule has 1 aliphatic rings. The Labute approximate surface area is 161 Å². The normalized spacial score (nSPS) is 12.6. The molecule has 0 unspecified atom stereocenters. The van der Waals surface area contributed by atoms with Crippen LogP contribution in [-0.2, 0) is 6.42 Å². The summed E-state index contributed by atoms with van der Waals surface area (Å²) in [6, 6.07) is 13.1. The Bertz CT molecular complexity index is 983. The quantitative estimate of drug-likeness (QED) is 0.649. The minimum atomic E-state index is -0.122. The SMILES string of the molecule is CCc1ccc(C(=O)c2sc(Nc3ccc4c(c3)OCCO4)nc2N)cc1. The van der Waals surface area contributed by atoms with Crippen molar-refractivity contribution in [2.45, 2.75) is 13.3 Å². The molecule has 27 heavy (non-hydrogen) atoms. The lowest BCUT2D eigenvalue weighted by Crippen LogP contribution is -2.15. The van der Waals surface area contributed by atoms with E-state index in [1.54, 1.807) is 0 Å². The van der Waals surface area contributed by atoms with Gasteiger partial charge in [-0.2, -0.15) is 0 Å². The number of aromatic nitrogens is 1. The lowest BCUT2D eigenvalue weighted by molar-refractivity contribution is 0.104. The third kappa shape index (κ3) is 3.59. The van der Waals surface area contributed by atoms with Gasteiger partial charge in [0.2, 0.25) is 5.78 Å². The number of hydrogen-bond donors (Lipinski definition) is 2. The fourth-order valence-electron chi connectivity index (χ4n) is 2.82. The summed E-state index contributed by atoms with van der Waals surface area (Å²) < 4.78 is 11.1. The smallest absolute Gasteiger partial charge is 0.206 e. The molecule has 0 saturated heterocycles. The van der Waals surface area contributed by atoms with E-state index in [0.717, 1.165) is 17.9 Å². The first-order valence-electron chi connectivity index (χ1n) is 8.70. The highest BCUT2D eigenvalue weighted by molar-refractivity contribution is 7.18. The van der Waals surface area contributed by atoms with Gasteiger partial charge < -0.3 is 20.5 Å². The number of nitrogen functional groups attached to an aromatic ring is 1. The zero-order chi connectivity index (χ0) is 18.8. The van der Waals surface area contributed by atoms with E-state index in [9.17, 15) is 4.79 Å². The van der Waals surface area contributed by atoms with Crippen LogP contribution in [0.4, 0.5) is 16.6 Å². The summed E-state index contributed by atoms with van der Waals surface area (Å²) in [7, 11) is 0. The van der Waals surface area contributed by atoms with Crippen LogP contribution in [0.15, 0.2) is 42.5 Å². The minimum Gasteiger partial charge on any atom is -0.486 e. The van der Waals surface area contributed by atoms with Crippen molar-refractivity contribution in [1.82, 2.24) is 4.98 Å². The van der Waals surface area contributed by atoms with Crippen LogP contribution in [0.2, 0.25) is 0 Å². The van der Waals surface area contributed by atoms with Crippen LogP contribution >= 0.6 is 11.3 Å². The Morgan fingerprint density at radius 2 is 1.89 bits per heavy atom. The number of thiazole rings is 1. The number of ketones is 1. The molecule has 0 aliphatic carbocycles. The first-order chi connectivity index (χ1) is 13.1. The summed E-state index contributed by atoms with van der Waals surface area (Å²) in [6.45, 7) is 3.15. The number of ether oxygens (including phenoxy) is 2. The lowest BCUT2D eigenvalue weighted by atomic mass is 10.1. The molecule has 0 bridgehead atoms. The van der Waals surface area contributed by atoms with Crippen LogP contribution in [0.5, 0.6) is 11.5 Å². The van der Waals surface area contributed by atoms with Crippen molar-refractivity contribution in [2.24, 2.45) is 0 Å². The van der Waals surface area contributed by atoms with E-state index >= 15 is 0 Å². The van der Waals surface area contributed by atoms with E-state index in [-0.39, 0.29) is 11.6 Å². The van der Waals surface area contributed by atoms with E-state index in [4.69, 9.17) is 15.2 Å². The van der Waals surface area contributed by atoms with Crippen LogP contribution < -0.4 is 20.5 Å². The number of carbonyl (C=O) groups excluding carboxylic acids is 1. The standard InChI is InChI=1S/C20H19N3O3S/c1-2-12-3-5-13(6-4-12)17(24)18-19(21)23-20(27-18)22-14-7-8-15-16(11-14)26-10-9-25-15/h3-8,11H,2,9-10,21H2,1H3,(H,22,23). The molecule has 0 spiro atoms. The van der Waals surface area contributed by atoms with Gasteiger partial charge in [0, 0.05) is 17.3 Å². The molecule has 0 atom stereocenters. The van der Waals surface area contributed by atoms with Gasteiger partial charge in [-0.25, -0.2) is 4.98 Å². The molecular formula is C20H19N3O3S. The molecule has 1 aromatic heterocycles. The maximum Gasteiger partial charge on any atom is 0.206 e. The first kappa shape index (κ1) is 17.4. The molecule has 0 saturated carbocycles. The highest BCUT2D eigenvalue weighted by Gasteiger charge is 2.19. The zero-order valence-electron chi connectivity index (χ0n) is 14.8. The summed E-state index contributed by atoms with van der Waals surface area (Å²) in [5, 5.41) is 3.73. The van der Waals surface area contributed by atoms with Gasteiger partial charge in [0.15, 0.2) is 16.6 Å². The molecule has 138 valence electrons. The molecule has 6 nitrogen and oxygen atoms in total. The van der Waals surface area contributed by atoms with E-state index in [1.807, 2.05) is 42.5 Å². The number of aryl methyl sites for hydroxylation is 1. The Kier molecular flexibility index (Phi) is 4.68. The highest BCUT2D eigenvalue weighted by Crippen LogP contribution is 2.35. The summed E-state index contributed by atoms with van der Waals surface area (Å²) in [4.78, 5) is 17.5. The minimum absolute atomic E-state index is 0.122. The maximum atomic E-state index is 12.8. The lowest BCUT2D eigenvalue weighted by Gasteiger charge is -2.18. The topological polar surface area (TPSA) is 86.5 Å². The van der Waals surface area contributed by atoms with Gasteiger partial charge >= 0.3 is 0 Å². The van der Waals surface area contributed by atoms with Gasteiger partial charge in [0.25, 0.3) is 0 Å². The summed E-state index contributed by atoms with van der Waals surface area (Å²) >= 11 is 1.24. The van der Waals surface area contributed by atoms with Gasteiger partial charge in [-0.15, -0.1) is 0 Å². The van der Waals surface area contributed by atoms with E-state index in [2.05, 4.69) is 17.2 Å². The van der Waals surface area contributed by atoms with Crippen molar-refractivity contribution in [3.8, 4) is 11.5 Å². The summed E-state index contributed by atoms with van der Waals surface area (Å²) in [5.74, 6) is 1.51. The largest absolute Gasteiger partial charge is 0.486 e. The second kappa shape index (κ2) is 7.28. The number of nitrogens with two attached hydrogens (primary N) is 1. The first-order valence-corrected chi connectivity index (χ1v) is 9.52. The summed E-state index contributed by atoms with van der Waals surface area (Å²) in [5.41, 5.74) is 8.58. The van der Waals surface area contributed by atoms with Crippen LogP contribution in [0.1, 0.15) is 27.7 Å². The molecule has 4 rings (SSSR count). The summed E-state index contributed by atoms with van der Waals surface area (Å²) in [6.07, 6.45) is 0.931. The average Bonchev–Trinajstić information content (AvgIpc) is 3.07. The Balaban J connectivity index is 1.55. The van der Waals surface area contributed by atoms with Crippen molar-refractivity contribution in [1.29, 1.82) is 0 Å². The number of hydrogen-bond acceptors (Lipinski definition) is 7. The highest BCUT2D eigenvalue weighted by atomic mass is 32.1. The third-order valence-electron chi connectivity index (χ3n) is 4.28. The van der Waals surface area contributed by atoms with Crippen LogP contribution in [0.25, 0.3) is 0 Å². The van der Waals surface area contributed by atoms with Crippen molar-refractivity contribution in [2.75, 3.05) is 24.3 Å². The predicted molar refractivity (Wildman–Crippen MR) is 106 cm³/mol. The van der Waals surface area contributed by atoms with E-state index in [1.165, 1.54) is 16.9 Å². The Morgan fingerprint density at radius 3 is 2.63 bits per heavy atom. The van der Waals surface area contributed by atoms with E-state index in [0.29, 0.717) is 34.5 Å². The van der Waals surface area contributed by atoms with Crippen LogP contribution in [0.3, 0.4) is 0 Å². The number of nitrogens with zero attached hydrogens (tertiary/aromatic N) is 1. The van der Waals surface area contributed by atoms with Gasteiger partial charge in [0.1, 0.15) is 23.9 Å². The Morgan fingerprint density at radius 1 is 1.15 bits per heavy atom. The molecule has 3 N–H and O–H groups in total. The number of rotatable bonds is 5. The average molecular weight is 381 g/mol. The van der Waals surface area contributed by atoms with Crippen molar-refractivity contribution in [3.63, 3.8) is 0 Å². The molecule has 2 aromatic carbocycles. The number of benzene rings is 2. The molecule has 0 amide bonds. The maximum absolute atomic E-state index is 12.8. The van der Waals surface area contributed by atoms with Crippen molar-refractivity contribution < 1.29 is 14.3 Å². The molecule has 1 aliphatic heterocycles. The van der Waals surface area contributed by atoms with Gasteiger partial charge in [0.05, 0.1) is 0 Å². The molecule has 7 heteroatoms. The second-order valence-electron chi connectivity index (χ2n) is 6.10. The van der Waals surface area contributed by atoms with Crippen LogP contribution in [-0.4, -0.2) is 24.0 Å². The predicted octanol–water partition coefficient (Wildman–Crippen LogP) is 4.03. The monoisotopic (exact) mass is 381 g/mol. The fraction of sp³-hybridized carbons (Fsp3) is 0.200. The van der Waals surface area contributed by atoms with Gasteiger partial charge in [-0.1, -0.05) is 42.5 Å². The molecule has 3 aromatic rings. The van der Waals surface area contributed by atoms with Crippen molar-refractivity contribution >= 4 is 33.8 Å². The Hall–Kier alpha value is -3.06. The second-order valence-corrected chi connectivity index (χ2v) is 7.10. The number of anilines is 3. The van der Waals surface area contributed by atoms with Gasteiger partial charge in [-0.05, 0) is 24.1 Å². The molecular weight excluding hydrogens is 362 g/mol. The molecule has 2 heterocycles. The van der Waals surface area contributed by atoms with Gasteiger partial charge in [-0.3, -0.25) is 4.79 Å². The molecule has 0 fully saturated rings.